The molecule has 1 unspecified atom stereocenters. The van der Waals surface area contributed by atoms with Crippen molar-refractivity contribution in [3.8, 4) is 0 Å². The van der Waals surface area contributed by atoms with E-state index in [0.717, 1.165) is 12.8 Å². The monoisotopic (exact) mass is 228 g/mol. The van der Waals surface area contributed by atoms with Crippen molar-refractivity contribution in [2.45, 2.75) is 45.2 Å². The molecule has 1 fully saturated rings. The molecule has 0 aromatic heterocycles. The van der Waals surface area contributed by atoms with Crippen molar-refractivity contribution in [3.05, 3.63) is 0 Å². The number of carbonyl (C=O) groups is 2. The summed E-state index contributed by atoms with van der Waals surface area (Å²) < 4.78 is 0. The van der Waals surface area contributed by atoms with E-state index >= 15 is 0 Å². The minimum absolute atomic E-state index is 0.125. The van der Waals surface area contributed by atoms with E-state index in [1.54, 1.807) is 0 Å². The average molecular weight is 228 g/mol. The smallest absolute Gasteiger partial charge is 0.329 e. The first kappa shape index (κ1) is 12.8. The van der Waals surface area contributed by atoms with Crippen LogP contribution >= 0.6 is 0 Å². The molecule has 0 saturated heterocycles. The van der Waals surface area contributed by atoms with Crippen LogP contribution in [-0.2, 0) is 4.79 Å². The Bertz CT molecular complexity index is 298. The molecular formula is C11H20N2O3. The van der Waals surface area contributed by atoms with E-state index in [4.69, 9.17) is 5.11 Å². The zero-order valence-corrected chi connectivity index (χ0v) is 10.3. The average Bonchev–Trinajstić information content (AvgIpc) is 2.98. The highest BCUT2D eigenvalue weighted by Crippen LogP contribution is 2.32. The Balaban J connectivity index is 2.55. The Morgan fingerprint density at radius 1 is 1.44 bits per heavy atom. The lowest BCUT2D eigenvalue weighted by molar-refractivity contribution is -0.146. The quantitative estimate of drug-likeness (QED) is 0.761. The number of carboxylic acid groups (broad SMARTS) is 1. The van der Waals surface area contributed by atoms with Gasteiger partial charge in [-0.3, -0.25) is 0 Å². The molecule has 16 heavy (non-hydrogen) atoms. The number of likely N-dealkylation sites (N-methyl/N-ethyl adjacent to an activating group) is 1. The summed E-state index contributed by atoms with van der Waals surface area (Å²) in [5, 5.41) is 11.8. The van der Waals surface area contributed by atoms with Gasteiger partial charge in [0.1, 0.15) is 5.54 Å². The van der Waals surface area contributed by atoms with Gasteiger partial charge in [0.2, 0.25) is 0 Å². The molecule has 92 valence electrons. The minimum Gasteiger partial charge on any atom is -0.480 e. The molecule has 2 amide bonds. The van der Waals surface area contributed by atoms with E-state index in [1.165, 1.54) is 25.8 Å². The predicted molar refractivity (Wildman–Crippen MR) is 60.2 cm³/mol. The van der Waals surface area contributed by atoms with Crippen LogP contribution in [0.4, 0.5) is 4.79 Å². The summed E-state index contributed by atoms with van der Waals surface area (Å²) in [5.74, 6) is -0.450. The topological polar surface area (TPSA) is 69.6 Å². The van der Waals surface area contributed by atoms with Gasteiger partial charge in [0.05, 0.1) is 0 Å². The highest BCUT2D eigenvalue weighted by atomic mass is 16.4. The molecule has 1 saturated carbocycles. The summed E-state index contributed by atoms with van der Waals surface area (Å²) in [6.45, 7) is 4.98. The molecule has 0 spiro atoms. The van der Waals surface area contributed by atoms with Crippen LogP contribution in [0.25, 0.3) is 0 Å². The standard InChI is InChI=1S/C11H20N2O3/c1-7(8-5-6-8)12-10(16)13(4)11(2,3)9(14)15/h7-8H,5-6H2,1-4H3,(H,12,16)(H,14,15). The second-order valence-electron chi connectivity index (χ2n) is 5.00. The normalized spacial score (nSPS) is 17.8. The lowest BCUT2D eigenvalue weighted by atomic mass is 10.0. The number of urea groups is 1. The Hall–Kier alpha value is -1.26. The van der Waals surface area contributed by atoms with Crippen molar-refractivity contribution in [2.24, 2.45) is 5.92 Å². The van der Waals surface area contributed by atoms with Gasteiger partial charge in [0, 0.05) is 13.1 Å². The molecule has 1 rings (SSSR count). The highest BCUT2D eigenvalue weighted by molar-refractivity contribution is 5.85. The predicted octanol–water partition coefficient (Wildman–Crippen LogP) is 1.29. The summed E-state index contributed by atoms with van der Waals surface area (Å²) >= 11 is 0. The van der Waals surface area contributed by atoms with E-state index in [-0.39, 0.29) is 12.1 Å². The summed E-state index contributed by atoms with van der Waals surface area (Å²) in [7, 11) is 1.50. The molecule has 1 aliphatic rings. The number of hydrogen-bond acceptors (Lipinski definition) is 2. The van der Waals surface area contributed by atoms with Crippen LogP contribution in [0.15, 0.2) is 0 Å². The Morgan fingerprint density at radius 2 is 1.94 bits per heavy atom. The van der Waals surface area contributed by atoms with Gasteiger partial charge >= 0.3 is 12.0 Å². The van der Waals surface area contributed by atoms with E-state index < -0.39 is 11.5 Å². The fourth-order valence-electron chi connectivity index (χ4n) is 1.40. The molecule has 0 radical (unpaired) electrons. The third-order valence-corrected chi connectivity index (χ3v) is 3.35. The van der Waals surface area contributed by atoms with Crippen molar-refractivity contribution in [1.29, 1.82) is 0 Å². The SMILES string of the molecule is CC(NC(=O)N(C)C(C)(C)C(=O)O)C1CC1. The number of nitrogens with one attached hydrogen (secondary N) is 1. The van der Waals surface area contributed by atoms with Crippen molar-refractivity contribution in [2.75, 3.05) is 7.05 Å². The maximum Gasteiger partial charge on any atom is 0.329 e. The van der Waals surface area contributed by atoms with Gasteiger partial charge in [-0.25, -0.2) is 9.59 Å². The van der Waals surface area contributed by atoms with Crippen molar-refractivity contribution in [3.63, 3.8) is 0 Å². The van der Waals surface area contributed by atoms with Crippen molar-refractivity contribution >= 4 is 12.0 Å². The van der Waals surface area contributed by atoms with E-state index in [9.17, 15) is 9.59 Å². The van der Waals surface area contributed by atoms with Crippen LogP contribution < -0.4 is 5.32 Å². The molecule has 1 aliphatic carbocycles. The number of amides is 2. The fraction of sp³-hybridized carbons (Fsp3) is 0.818. The molecule has 0 aliphatic heterocycles. The van der Waals surface area contributed by atoms with Crippen molar-refractivity contribution in [1.82, 2.24) is 10.2 Å². The fourth-order valence-corrected chi connectivity index (χ4v) is 1.40. The second kappa shape index (κ2) is 4.31. The first-order chi connectivity index (χ1) is 7.26. The number of nitrogens with zero attached hydrogens (tertiary/aromatic N) is 1. The lowest BCUT2D eigenvalue weighted by Crippen LogP contribution is -2.55. The summed E-state index contributed by atoms with van der Waals surface area (Å²) in [5.41, 5.74) is -1.19. The number of rotatable bonds is 4. The van der Waals surface area contributed by atoms with Crippen LogP contribution in [0.2, 0.25) is 0 Å². The number of aliphatic carboxylic acids is 1. The van der Waals surface area contributed by atoms with Crippen LogP contribution in [0, 0.1) is 5.92 Å². The van der Waals surface area contributed by atoms with E-state index in [0.29, 0.717) is 5.92 Å². The Kier molecular flexibility index (Phi) is 3.45. The summed E-state index contributed by atoms with van der Waals surface area (Å²) in [6.07, 6.45) is 2.29. The lowest BCUT2D eigenvalue weighted by Gasteiger charge is -2.32. The maximum atomic E-state index is 11.8. The van der Waals surface area contributed by atoms with Gasteiger partial charge in [-0.15, -0.1) is 0 Å². The summed E-state index contributed by atoms with van der Waals surface area (Å²) in [4.78, 5) is 24.0. The van der Waals surface area contributed by atoms with Gasteiger partial charge < -0.3 is 15.3 Å². The third-order valence-electron chi connectivity index (χ3n) is 3.35. The van der Waals surface area contributed by atoms with Gasteiger partial charge in [0.15, 0.2) is 0 Å². The molecule has 0 aromatic carbocycles. The Labute approximate surface area is 95.8 Å². The number of carbonyl (C=O) groups excluding carboxylic acids is 1. The van der Waals surface area contributed by atoms with Gasteiger partial charge in [-0.1, -0.05) is 0 Å². The third kappa shape index (κ3) is 2.65. The first-order valence-electron chi connectivity index (χ1n) is 5.54. The zero-order chi connectivity index (χ0) is 12.5. The molecule has 0 bridgehead atoms. The molecule has 1 atom stereocenters. The van der Waals surface area contributed by atoms with Crippen LogP contribution in [0.5, 0.6) is 0 Å². The second-order valence-corrected chi connectivity index (χ2v) is 5.00. The Morgan fingerprint density at radius 3 is 2.31 bits per heavy atom. The maximum absolute atomic E-state index is 11.8. The van der Waals surface area contributed by atoms with Crippen LogP contribution in [-0.4, -0.2) is 40.6 Å². The van der Waals surface area contributed by atoms with E-state index in [2.05, 4.69) is 5.32 Å². The molecule has 5 nitrogen and oxygen atoms in total. The highest BCUT2D eigenvalue weighted by Gasteiger charge is 2.37. The first-order valence-corrected chi connectivity index (χ1v) is 5.54. The zero-order valence-electron chi connectivity index (χ0n) is 10.3. The summed E-state index contributed by atoms with van der Waals surface area (Å²) in [6, 6.07) is -0.202. The van der Waals surface area contributed by atoms with Crippen LogP contribution in [0.1, 0.15) is 33.6 Å². The molecule has 0 heterocycles. The molecular weight excluding hydrogens is 208 g/mol. The molecule has 5 heteroatoms. The largest absolute Gasteiger partial charge is 0.480 e. The van der Waals surface area contributed by atoms with Gasteiger partial charge in [0.25, 0.3) is 0 Å². The van der Waals surface area contributed by atoms with Crippen LogP contribution in [0.3, 0.4) is 0 Å². The van der Waals surface area contributed by atoms with Gasteiger partial charge in [-0.2, -0.15) is 0 Å². The number of hydrogen-bond donors (Lipinski definition) is 2. The minimum atomic E-state index is -1.19. The molecule has 2 N–H and O–H groups in total. The number of carboxylic acids is 1. The van der Waals surface area contributed by atoms with E-state index in [1.807, 2.05) is 6.92 Å². The van der Waals surface area contributed by atoms with Crippen molar-refractivity contribution < 1.29 is 14.7 Å². The van der Waals surface area contributed by atoms with Gasteiger partial charge in [-0.05, 0) is 39.5 Å². The molecule has 0 aromatic rings.